The summed E-state index contributed by atoms with van der Waals surface area (Å²) in [6.45, 7) is 0. The van der Waals surface area contributed by atoms with Crippen LogP contribution in [-0.2, 0) is 0 Å². The third kappa shape index (κ3) is 2.47. The first-order chi connectivity index (χ1) is 9.84. The Labute approximate surface area is 117 Å². The number of benzene rings is 2. The lowest BCUT2D eigenvalue weighted by Crippen LogP contribution is -2.14. The summed E-state index contributed by atoms with van der Waals surface area (Å²) in [6, 6.07) is 20.9. The number of hydrogen-bond acceptors (Lipinski definition) is 1. The lowest BCUT2D eigenvalue weighted by atomic mass is 10.1. The van der Waals surface area contributed by atoms with Crippen LogP contribution in [0.15, 0.2) is 79.1 Å². The van der Waals surface area contributed by atoms with Crippen molar-refractivity contribution in [2.75, 3.05) is 5.32 Å². The highest BCUT2D eigenvalue weighted by Gasteiger charge is 2.11. The number of aromatic nitrogens is 1. The van der Waals surface area contributed by atoms with Gasteiger partial charge in [0.05, 0.1) is 11.3 Å². The number of rotatable bonds is 3. The van der Waals surface area contributed by atoms with Gasteiger partial charge in [0, 0.05) is 18.1 Å². The minimum absolute atomic E-state index is 0.111. The number of amides is 1. The highest BCUT2D eigenvalue weighted by atomic mass is 16.1. The van der Waals surface area contributed by atoms with Crippen molar-refractivity contribution in [1.29, 1.82) is 0 Å². The van der Waals surface area contributed by atoms with E-state index in [9.17, 15) is 4.79 Å². The predicted molar refractivity (Wildman–Crippen MR) is 80.2 cm³/mol. The van der Waals surface area contributed by atoms with E-state index in [-0.39, 0.29) is 5.91 Å². The maximum atomic E-state index is 12.4. The van der Waals surface area contributed by atoms with E-state index in [1.807, 2.05) is 83.7 Å². The quantitative estimate of drug-likeness (QED) is 0.766. The summed E-state index contributed by atoms with van der Waals surface area (Å²) in [5.74, 6) is -0.111. The second-order valence-electron chi connectivity index (χ2n) is 4.43. The highest BCUT2D eigenvalue weighted by molar-refractivity contribution is 6.06. The van der Waals surface area contributed by atoms with E-state index < -0.39 is 0 Å². The first-order valence-electron chi connectivity index (χ1n) is 6.43. The zero-order valence-corrected chi connectivity index (χ0v) is 10.9. The molecule has 0 fully saturated rings. The Bertz CT molecular complexity index is 703. The van der Waals surface area contributed by atoms with Crippen LogP contribution in [0.2, 0.25) is 0 Å². The first-order valence-corrected chi connectivity index (χ1v) is 6.43. The SMILES string of the molecule is O=C(Nc1ccccc1)c1ccccc1-n1cccc1. The summed E-state index contributed by atoms with van der Waals surface area (Å²) >= 11 is 0. The minimum atomic E-state index is -0.111. The fourth-order valence-corrected chi connectivity index (χ4v) is 2.11. The molecule has 0 unspecified atom stereocenters. The Hall–Kier alpha value is -2.81. The molecule has 0 saturated heterocycles. The van der Waals surface area contributed by atoms with E-state index in [4.69, 9.17) is 0 Å². The Morgan fingerprint density at radius 1 is 0.800 bits per heavy atom. The molecule has 98 valence electrons. The molecule has 0 atom stereocenters. The molecule has 1 N–H and O–H groups in total. The molecule has 3 rings (SSSR count). The molecule has 0 aliphatic carbocycles. The molecule has 3 nitrogen and oxygen atoms in total. The molecule has 2 aromatic carbocycles. The van der Waals surface area contributed by atoms with Crippen LogP contribution >= 0.6 is 0 Å². The summed E-state index contributed by atoms with van der Waals surface area (Å²) in [6.07, 6.45) is 3.85. The molecule has 0 radical (unpaired) electrons. The van der Waals surface area contributed by atoms with Crippen LogP contribution in [0.25, 0.3) is 5.69 Å². The van der Waals surface area contributed by atoms with Gasteiger partial charge in [-0.05, 0) is 36.4 Å². The van der Waals surface area contributed by atoms with Crippen LogP contribution in [0.5, 0.6) is 0 Å². The number of hydrogen-bond donors (Lipinski definition) is 1. The zero-order valence-electron chi connectivity index (χ0n) is 10.9. The van der Waals surface area contributed by atoms with E-state index in [1.54, 1.807) is 0 Å². The molecule has 1 amide bonds. The van der Waals surface area contributed by atoms with Gasteiger partial charge in [-0.2, -0.15) is 0 Å². The number of anilines is 1. The van der Waals surface area contributed by atoms with Crippen LogP contribution in [0.4, 0.5) is 5.69 Å². The normalized spacial score (nSPS) is 10.2. The highest BCUT2D eigenvalue weighted by Crippen LogP contribution is 2.16. The molecule has 0 spiro atoms. The molecule has 0 aliphatic heterocycles. The average molecular weight is 262 g/mol. The maximum Gasteiger partial charge on any atom is 0.257 e. The van der Waals surface area contributed by atoms with Gasteiger partial charge in [0.1, 0.15) is 0 Å². The van der Waals surface area contributed by atoms with Crippen LogP contribution in [0.3, 0.4) is 0 Å². The second-order valence-corrected chi connectivity index (χ2v) is 4.43. The summed E-state index contributed by atoms with van der Waals surface area (Å²) in [5.41, 5.74) is 2.30. The zero-order chi connectivity index (χ0) is 13.8. The van der Waals surface area contributed by atoms with Crippen molar-refractivity contribution in [3.05, 3.63) is 84.7 Å². The molecule has 0 aliphatic rings. The van der Waals surface area contributed by atoms with Crippen molar-refractivity contribution in [3.8, 4) is 5.69 Å². The van der Waals surface area contributed by atoms with E-state index in [2.05, 4.69) is 5.32 Å². The average Bonchev–Trinajstić information content (AvgIpc) is 3.02. The lowest BCUT2D eigenvalue weighted by Gasteiger charge is -2.11. The Morgan fingerprint density at radius 2 is 1.45 bits per heavy atom. The molecule has 1 aromatic heterocycles. The third-order valence-electron chi connectivity index (χ3n) is 3.06. The van der Waals surface area contributed by atoms with Gasteiger partial charge in [-0.25, -0.2) is 0 Å². The van der Waals surface area contributed by atoms with Gasteiger partial charge in [0.2, 0.25) is 0 Å². The van der Waals surface area contributed by atoms with Crippen molar-refractivity contribution >= 4 is 11.6 Å². The van der Waals surface area contributed by atoms with E-state index >= 15 is 0 Å². The third-order valence-corrected chi connectivity index (χ3v) is 3.06. The minimum Gasteiger partial charge on any atom is -0.323 e. The second kappa shape index (κ2) is 5.45. The van der Waals surface area contributed by atoms with Gasteiger partial charge in [0.25, 0.3) is 5.91 Å². The predicted octanol–water partition coefficient (Wildman–Crippen LogP) is 3.73. The first kappa shape index (κ1) is 12.2. The van der Waals surface area contributed by atoms with Crippen molar-refractivity contribution in [3.63, 3.8) is 0 Å². The maximum absolute atomic E-state index is 12.4. The van der Waals surface area contributed by atoms with Crippen LogP contribution < -0.4 is 5.32 Å². The Balaban J connectivity index is 1.93. The molecule has 20 heavy (non-hydrogen) atoms. The lowest BCUT2D eigenvalue weighted by molar-refractivity contribution is 0.102. The largest absolute Gasteiger partial charge is 0.323 e. The molecule has 0 saturated carbocycles. The smallest absolute Gasteiger partial charge is 0.257 e. The Kier molecular flexibility index (Phi) is 3.33. The topological polar surface area (TPSA) is 34.0 Å². The van der Waals surface area contributed by atoms with Crippen LogP contribution in [0.1, 0.15) is 10.4 Å². The van der Waals surface area contributed by atoms with Crippen molar-refractivity contribution in [2.45, 2.75) is 0 Å². The van der Waals surface area contributed by atoms with Gasteiger partial charge >= 0.3 is 0 Å². The summed E-state index contributed by atoms with van der Waals surface area (Å²) in [4.78, 5) is 12.4. The standard InChI is InChI=1S/C17H14N2O/c20-17(18-14-8-2-1-3-9-14)15-10-4-5-11-16(15)19-12-6-7-13-19/h1-13H,(H,18,20). The summed E-state index contributed by atoms with van der Waals surface area (Å²) in [5, 5.41) is 2.91. The van der Waals surface area contributed by atoms with E-state index in [0.717, 1.165) is 11.4 Å². The van der Waals surface area contributed by atoms with Crippen molar-refractivity contribution in [1.82, 2.24) is 4.57 Å². The Morgan fingerprint density at radius 3 is 2.20 bits per heavy atom. The van der Waals surface area contributed by atoms with Gasteiger partial charge < -0.3 is 9.88 Å². The fourth-order valence-electron chi connectivity index (χ4n) is 2.11. The van der Waals surface area contributed by atoms with Crippen molar-refractivity contribution < 1.29 is 4.79 Å². The van der Waals surface area contributed by atoms with Gasteiger partial charge in [0.15, 0.2) is 0 Å². The van der Waals surface area contributed by atoms with E-state index in [1.165, 1.54) is 0 Å². The fraction of sp³-hybridized carbons (Fsp3) is 0. The van der Waals surface area contributed by atoms with Crippen LogP contribution in [-0.4, -0.2) is 10.5 Å². The molecule has 3 heteroatoms. The number of nitrogens with zero attached hydrogens (tertiary/aromatic N) is 1. The van der Waals surface area contributed by atoms with Gasteiger partial charge in [-0.1, -0.05) is 30.3 Å². The number of para-hydroxylation sites is 2. The van der Waals surface area contributed by atoms with Gasteiger partial charge in [-0.3, -0.25) is 4.79 Å². The van der Waals surface area contributed by atoms with E-state index in [0.29, 0.717) is 5.56 Å². The number of nitrogens with one attached hydrogen (secondary N) is 1. The van der Waals surface area contributed by atoms with Crippen molar-refractivity contribution in [2.24, 2.45) is 0 Å². The number of carbonyl (C=O) groups excluding carboxylic acids is 1. The number of carbonyl (C=O) groups is 1. The van der Waals surface area contributed by atoms with Crippen LogP contribution in [0, 0.1) is 0 Å². The van der Waals surface area contributed by atoms with Gasteiger partial charge in [-0.15, -0.1) is 0 Å². The monoisotopic (exact) mass is 262 g/mol. The summed E-state index contributed by atoms with van der Waals surface area (Å²) in [7, 11) is 0. The molecular formula is C17H14N2O. The molecule has 1 heterocycles. The molecule has 0 bridgehead atoms. The molecular weight excluding hydrogens is 248 g/mol. The summed E-state index contributed by atoms with van der Waals surface area (Å²) < 4.78 is 1.93. The molecule has 3 aromatic rings.